The van der Waals surface area contributed by atoms with Crippen molar-refractivity contribution in [3.05, 3.63) is 29.8 Å². The molecule has 1 amide bonds. The molecule has 2 rings (SSSR count). The average Bonchev–Trinajstić information content (AvgIpc) is 2.45. The highest BCUT2D eigenvalue weighted by Gasteiger charge is 2.17. The lowest BCUT2D eigenvalue weighted by molar-refractivity contribution is 0.0770. The van der Waals surface area contributed by atoms with Crippen LogP contribution in [0, 0.1) is 5.82 Å². The van der Waals surface area contributed by atoms with Gasteiger partial charge in [0.15, 0.2) is 5.82 Å². The number of piperazine rings is 1. The van der Waals surface area contributed by atoms with E-state index >= 15 is 0 Å². The summed E-state index contributed by atoms with van der Waals surface area (Å²) in [7, 11) is 1.70. The summed E-state index contributed by atoms with van der Waals surface area (Å²) in [6, 6.07) is 1.42. The van der Waals surface area contributed by atoms with Gasteiger partial charge in [0.2, 0.25) is 0 Å². The van der Waals surface area contributed by atoms with Crippen molar-refractivity contribution in [1.82, 2.24) is 20.1 Å². The quantitative estimate of drug-likeness (QED) is 0.845. The molecule has 6 heteroatoms. The summed E-state index contributed by atoms with van der Waals surface area (Å²) < 4.78 is 13.5. The van der Waals surface area contributed by atoms with Crippen molar-refractivity contribution in [2.45, 2.75) is 0 Å². The number of carbonyl (C=O) groups excluding carboxylic acids is 1. The Labute approximate surface area is 112 Å². The minimum absolute atomic E-state index is 0.0813. The van der Waals surface area contributed by atoms with Gasteiger partial charge in [0.05, 0.1) is 11.8 Å². The molecule has 104 valence electrons. The third kappa shape index (κ3) is 3.71. The maximum Gasteiger partial charge on any atom is 0.256 e. The van der Waals surface area contributed by atoms with E-state index in [9.17, 15) is 9.18 Å². The van der Waals surface area contributed by atoms with Crippen LogP contribution in [-0.4, -0.2) is 67.0 Å². The maximum atomic E-state index is 13.5. The lowest BCUT2D eigenvalue weighted by Gasteiger charge is -2.29. The van der Waals surface area contributed by atoms with Crippen molar-refractivity contribution >= 4 is 5.91 Å². The van der Waals surface area contributed by atoms with Gasteiger partial charge in [-0.1, -0.05) is 0 Å². The molecule has 19 heavy (non-hydrogen) atoms. The fraction of sp³-hybridized carbons (Fsp3) is 0.538. The second kappa shape index (κ2) is 6.58. The van der Waals surface area contributed by atoms with E-state index in [0.717, 1.165) is 38.9 Å². The van der Waals surface area contributed by atoms with Crippen LogP contribution in [0.2, 0.25) is 0 Å². The normalized spacial score (nSPS) is 16.3. The number of rotatable bonds is 4. The van der Waals surface area contributed by atoms with Gasteiger partial charge in [0, 0.05) is 52.5 Å². The topological polar surface area (TPSA) is 48.5 Å². The Morgan fingerprint density at radius 1 is 1.53 bits per heavy atom. The van der Waals surface area contributed by atoms with Crippen molar-refractivity contribution in [2.75, 3.05) is 46.3 Å². The number of hydrogen-bond donors (Lipinski definition) is 1. The zero-order valence-electron chi connectivity index (χ0n) is 11.1. The van der Waals surface area contributed by atoms with Gasteiger partial charge in [-0.15, -0.1) is 0 Å². The molecule has 1 fully saturated rings. The first-order valence-electron chi connectivity index (χ1n) is 6.46. The summed E-state index contributed by atoms with van der Waals surface area (Å²) in [6.07, 6.45) is 2.50. The van der Waals surface area contributed by atoms with Crippen molar-refractivity contribution in [2.24, 2.45) is 0 Å². The molecule has 0 aliphatic carbocycles. The molecule has 1 aliphatic heterocycles. The monoisotopic (exact) mass is 266 g/mol. The van der Waals surface area contributed by atoms with E-state index in [1.807, 2.05) is 0 Å². The van der Waals surface area contributed by atoms with Crippen LogP contribution in [0.15, 0.2) is 18.5 Å². The van der Waals surface area contributed by atoms with E-state index in [0.29, 0.717) is 6.54 Å². The Bertz CT molecular complexity index is 434. The first-order chi connectivity index (χ1) is 9.18. The number of aromatic nitrogens is 1. The molecule has 0 atom stereocenters. The Kier molecular flexibility index (Phi) is 4.81. The molecule has 2 heterocycles. The van der Waals surface area contributed by atoms with Crippen molar-refractivity contribution in [3.8, 4) is 0 Å². The number of pyridine rings is 1. The number of halogens is 1. The van der Waals surface area contributed by atoms with E-state index in [1.54, 1.807) is 11.9 Å². The van der Waals surface area contributed by atoms with Gasteiger partial charge >= 0.3 is 0 Å². The molecule has 5 nitrogen and oxygen atoms in total. The van der Waals surface area contributed by atoms with Crippen LogP contribution in [0.5, 0.6) is 0 Å². The van der Waals surface area contributed by atoms with E-state index in [2.05, 4.69) is 15.2 Å². The fourth-order valence-electron chi connectivity index (χ4n) is 2.08. The van der Waals surface area contributed by atoms with Crippen molar-refractivity contribution < 1.29 is 9.18 Å². The van der Waals surface area contributed by atoms with E-state index in [-0.39, 0.29) is 11.5 Å². The van der Waals surface area contributed by atoms with Crippen LogP contribution in [0.1, 0.15) is 10.4 Å². The SMILES string of the molecule is CN(CCN1CCNCC1)C(=O)c1ccncc1F. The summed E-state index contributed by atoms with van der Waals surface area (Å²) in [4.78, 5) is 19.6. The molecule has 0 spiro atoms. The zero-order chi connectivity index (χ0) is 13.7. The molecule has 0 bridgehead atoms. The van der Waals surface area contributed by atoms with Crippen LogP contribution in [0.25, 0.3) is 0 Å². The highest BCUT2D eigenvalue weighted by molar-refractivity contribution is 5.94. The maximum absolute atomic E-state index is 13.5. The Morgan fingerprint density at radius 2 is 2.26 bits per heavy atom. The van der Waals surface area contributed by atoms with Gasteiger partial charge in [0.1, 0.15) is 0 Å². The molecule has 0 unspecified atom stereocenters. The molecule has 1 aliphatic rings. The van der Waals surface area contributed by atoms with Gasteiger partial charge < -0.3 is 10.2 Å². The Hall–Kier alpha value is -1.53. The van der Waals surface area contributed by atoms with Crippen molar-refractivity contribution in [3.63, 3.8) is 0 Å². The number of hydrogen-bond acceptors (Lipinski definition) is 4. The standard InChI is InChI=1S/C13H19FN4O/c1-17(8-9-18-6-4-15-5-7-18)13(19)11-2-3-16-10-12(11)14/h2-3,10,15H,4-9H2,1H3. The molecular formula is C13H19FN4O. The van der Waals surface area contributed by atoms with Crippen molar-refractivity contribution in [1.29, 1.82) is 0 Å². The molecule has 1 aromatic rings. The highest BCUT2D eigenvalue weighted by Crippen LogP contribution is 2.07. The summed E-state index contributed by atoms with van der Waals surface area (Å²) in [5.41, 5.74) is 0.0813. The number of amides is 1. The van der Waals surface area contributed by atoms with Gasteiger partial charge in [-0.2, -0.15) is 0 Å². The predicted octanol–water partition coefficient (Wildman–Crippen LogP) is 0.198. The number of carbonyl (C=O) groups is 1. The summed E-state index contributed by atoms with van der Waals surface area (Å²) >= 11 is 0. The molecule has 0 saturated carbocycles. The third-order valence-corrected chi connectivity index (χ3v) is 3.31. The van der Waals surface area contributed by atoms with E-state index in [1.165, 1.54) is 12.3 Å². The smallest absolute Gasteiger partial charge is 0.256 e. The highest BCUT2D eigenvalue weighted by atomic mass is 19.1. The molecule has 1 saturated heterocycles. The third-order valence-electron chi connectivity index (χ3n) is 3.31. The molecule has 0 aromatic carbocycles. The van der Waals surface area contributed by atoms with E-state index < -0.39 is 5.82 Å². The molecule has 1 aromatic heterocycles. The van der Waals surface area contributed by atoms with Crippen LogP contribution < -0.4 is 5.32 Å². The average molecular weight is 266 g/mol. The first-order valence-corrected chi connectivity index (χ1v) is 6.46. The minimum Gasteiger partial charge on any atom is -0.340 e. The molecule has 0 radical (unpaired) electrons. The lowest BCUT2D eigenvalue weighted by atomic mass is 10.2. The Balaban J connectivity index is 1.87. The van der Waals surface area contributed by atoms with Gasteiger partial charge in [-0.3, -0.25) is 14.7 Å². The van der Waals surface area contributed by atoms with E-state index in [4.69, 9.17) is 0 Å². The summed E-state index contributed by atoms with van der Waals surface area (Å²) in [6.45, 7) is 5.36. The predicted molar refractivity (Wildman–Crippen MR) is 70.5 cm³/mol. The second-order valence-electron chi connectivity index (χ2n) is 4.67. The van der Waals surface area contributed by atoms with Gasteiger partial charge in [0.25, 0.3) is 5.91 Å². The number of likely N-dealkylation sites (N-methyl/N-ethyl adjacent to an activating group) is 1. The first kappa shape index (κ1) is 13.9. The molecule has 1 N–H and O–H groups in total. The second-order valence-corrected chi connectivity index (χ2v) is 4.67. The number of nitrogens with one attached hydrogen (secondary N) is 1. The zero-order valence-corrected chi connectivity index (χ0v) is 11.1. The van der Waals surface area contributed by atoms with Crippen LogP contribution in [0.4, 0.5) is 4.39 Å². The van der Waals surface area contributed by atoms with Crippen LogP contribution in [-0.2, 0) is 0 Å². The molecular weight excluding hydrogens is 247 g/mol. The Morgan fingerprint density at radius 3 is 2.95 bits per heavy atom. The minimum atomic E-state index is -0.568. The van der Waals surface area contributed by atoms with Gasteiger partial charge in [-0.05, 0) is 6.07 Å². The largest absolute Gasteiger partial charge is 0.340 e. The number of nitrogens with zero attached hydrogens (tertiary/aromatic N) is 3. The fourth-order valence-corrected chi connectivity index (χ4v) is 2.08. The summed E-state index contributed by atoms with van der Waals surface area (Å²) in [5, 5.41) is 3.28. The van der Waals surface area contributed by atoms with Crippen LogP contribution in [0.3, 0.4) is 0 Å². The van der Waals surface area contributed by atoms with Gasteiger partial charge in [-0.25, -0.2) is 4.39 Å². The van der Waals surface area contributed by atoms with Crippen LogP contribution >= 0.6 is 0 Å². The lowest BCUT2D eigenvalue weighted by Crippen LogP contribution is -2.46. The summed E-state index contributed by atoms with van der Waals surface area (Å²) in [5.74, 6) is -0.864.